The van der Waals surface area contributed by atoms with Crippen molar-refractivity contribution >= 4 is 5.91 Å². The number of carbonyl (C=O) groups excluding carboxylic acids is 1. The Bertz CT molecular complexity index is 1080. The molecule has 5 rings (SSSR count). The number of hydrogen-bond donors (Lipinski definition) is 0. The van der Waals surface area contributed by atoms with Gasteiger partial charge >= 0.3 is 0 Å². The first-order valence-corrected chi connectivity index (χ1v) is 10.2. The average Bonchev–Trinajstić information content (AvgIpc) is 3.47. The summed E-state index contributed by atoms with van der Waals surface area (Å²) >= 11 is 0. The lowest BCUT2D eigenvalue weighted by Gasteiger charge is -2.30. The summed E-state index contributed by atoms with van der Waals surface area (Å²) in [7, 11) is 3.78. The minimum absolute atomic E-state index is 0.0446. The SMILES string of the molecule is Cn1cncc1CN1C[C@H]2CN(C(=O)c3ccnn3C)[C@H](c3cccc(F)c3)[C@H]2C1. The van der Waals surface area contributed by atoms with Crippen LogP contribution in [0.3, 0.4) is 0 Å². The van der Waals surface area contributed by atoms with Crippen molar-refractivity contribution in [2.75, 3.05) is 19.6 Å². The maximum absolute atomic E-state index is 14.1. The number of imidazole rings is 1. The van der Waals surface area contributed by atoms with Crippen LogP contribution in [0, 0.1) is 17.7 Å². The van der Waals surface area contributed by atoms with Crippen LogP contribution in [-0.2, 0) is 20.6 Å². The number of likely N-dealkylation sites (tertiary alicyclic amines) is 2. The second-order valence-electron chi connectivity index (χ2n) is 8.41. The van der Waals surface area contributed by atoms with Crippen LogP contribution in [0.25, 0.3) is 0 Å². The molecule has 156 valence electrons. The van der Waals surface area contributed by atoms with E-state index in [1.165, 1.54) is 11.8 Å². The number of halogens is 1. The molecule has 7 nitrogen and oxygen atoms in total. The molecule has 30 heavy (non-hydrogen) atoms. The summed E-state index contributed by atoms with van der Waals surface area (Å²) < 4.78 is 17.7. The number of amides is 1. The molecule has 3 aromatic rings. The van der Waals surface area contributed by atoms with Gasteiger partial charge in [-0.3, -0.25) is 14.4 Å². The van der Waals surface area contributed by atoms with Crippen molar-refractivity contribution < 1.29 is 9.18 Å². The Labute approximate surface area is 174 Å². The smallest absolute Gasteiger partial charge is 0.272 e. The van der Waals surface area contributed by atoms with Gasteiger partial charge in [-0.25, -0.2) is 9.37 Å². The molecule has 3 atom stereocenters. The fourth-order valence-corrected chi connectivity index (χ4v) is 5.09. The van der Waals surface area contributed by atoms with Gasteiger partial charge < -0.3 is 9.47 Å². The summed E-state index contributed by atoms with van der Waals surface area (Å²) in [4.78, 5) is 21.9. The second kappa shape index (κ2) is 7.36. The molecule has 0 spiro atoms. The highest BCUT2D eigenvalue weighted by Gasteiger charge is 2.49. The van der Waals surface area contributed by atoms with Crippen molar-refractivity contribution in [1.29, 1.82) is 0 Å². The van der Waals surface area contributed by atoms with Crippen molar-refractivity contribution in [3.63, 3.8) is 0 Å². The van der Waals surface area contributed by atoms with Crippen LogP contribution in [0.1, 0.15) is 27.8 Å². The van der Waals surface area contributed by atoms with E-state index in [1.807, 2.05) is 35.1 Å². The van der Waals surface area contributed by atoms with E-state index < -0.39 is 0 Å². The van der Waals surface area contributed by atoms with Crippen LogP contribution in [0.2, 0.25) is 0 Å². The monoisotopic (exact) mass is 408 g/mol. The molecule has 1 amide bonds. The normalized spacial score (nSPS) is 23.8. The quantitative estimate of drug-likeness (QED) is 0.664. The molecule has 0 N–H and O–H groups in total. The number of benzene rings is 1. The predicted octanol–water partition coefficient (Wildman–Crippen LogP) is 2.24. The van der Waals surface area contributed by atoms with Gasteiger partial charge in [-0.15, -0.1) is 0 Å². The zero-order chi connectivity index (χ0) is 20.8. The van der Waals surface area contributed by atoms with Gasteiger partial charge in [0.25, 0.3) is 5.91 Å². The highest BCUT2D eigenvalue weighted by atomic mass is 19.1. The van der Waals surface area contributed by atoms with E-state index in [-0.39, 0.29) is 23.7 Å². The predicted molar refractivity (Wildman–Crippen MR) is 109 cm³/mol. The Balaban J connectivity index is 1.44. The molecule has 2 aromatic heterocycles. The van der Waals surface area contributed by atoms with Crippen molar-refractivity contribution in [2.45, 2.75) is 12.6 Å². The molecule has 1 aromatic carbocycles. The van der Waals surface area contributed by atoms with Gasteiger partial charge in [-0.05, 0) is 29.7 Å². The van der Waals surface area contributed by atoms with Gasteiger partial charge in [0.05, 0.1) is 18.1 Å². The lowest BCUT2D eigenvalue weighted by atomic mass is 9.89. The minimum Gasteiger partial charge on any atom is -0.337 e. The molecule has 2 fully saturated rings. The first-order valence-electron chi connectivity index (χ1n) is 10.2. The number of nitrogens with zero attached hydrogens (tertiary/aromatic N) is 6. The summed E-state index contributed by atoms with van der Waals surface area (Å²) in [6.45, 7) is 3.27. The van der Waals surface area contributed by atoms with Gasteiger partial charge in [-0.2, -0.15) is 5.10 Å². The molecule has 0 aliphatic carbocycles. The summed E-state index contributed by atoms with van der Waals surface area (Å²) in [6, 6.07) is 8.28. The zero-order valence-electron chi connectivity index (χ0n) is 17.1. The van der Waals surface area contributed by atoms with Gasteiger partial charge in [0.1, 0.15) is 11.5 Å². The molecular weight excluding hydrogens is 383 g/mol. The average molecular weight is 408 g/mol. The number of aryl methyl sites for hydroxylation is 2. The number of fused-ring (bicyclic) bond motifs is 1. The molecule has 2 aliphatic rings. The Kier molecular flexibility index (Phi) is 4.66. The summed E-state index contributed by atoms with van der Waals surface area (Å²) in [5.74, 6) is 0.298. The standard InChI is InChI=1S/C22H25FN6O/c1-26-14-24-9-18(26)12-28-10-16-11-29(22(30)20-6-7-25-27(20)2)21(19(16)13-28)15-4-3-5-17(23)8-15/h3-9,14,16,19,21H,10-13H2,1-2H3/t16-,19-,21+/m0/s1. The van der Waals surface area contributed by atoms with E-state index in [0.717, 1.165) is 25.2 Å². The Morgan fingerprint density at radius 2 is 2.07 bits per heavy atom. The van der Waals surface area contributed by atoms with E-state index in [1.54, 1.807) is 36.1 Å². The maximum Gasteiger partial charge on any atom is 0.272 e. The Hall–Kier alpha value is -3.00. The van der Waals surface area contributed by atoms with E-state index in [2.05, 4.69) is 15.0 Å². The maximum atomic E-state index is 14.1. The Morgan fingerprint density at radius 1 is 1.20 bits per heavy atom. The summed E-state index contributed by atoms with van der Waals surface area (Å²) in [5.41, 5.74) is 2.59. The zero-order valence-corrected chi connectivity index (χ0v) is 17.1. The van der Waals surface area contributed by atoms with Gasteiger partial charge in [0.2, 0.25) is 0 Å². The highest BCUT2D eigenvalue weighted by Crippen LogP contribution is 2.45. The summed E-state index contributed by atoms with van der Waals surface area (Å²) in [5, 5.41) is 4.15. The number of aromatic nitrogens is 4. The molecule has 2 aliphatic heterocycles. The highest BCUT2D eigenvalue weighted by molar-refractivity contribution is 5.93. The first kappa shape index (κ1) is 19.0. The molecule has 0 bridgehead atoms. The van der Waals surface area contributed by atoms with Crippen LogP contribution in [0.15, 0.2) is 49.1 Å². The third-order valence-corrected chi connectivity index (χ3v) is 6.53. The number of rotatable bonds is 4. The topological polar surface area (TPSA) is 59.2 Å². The van der Waals surface area contributed by atoms with Crippen molar-refractivity contribution in [3.8, 4) is 0 Å². The second-order valence-corrected chi connectivity index (χ2v) is 8.41. The van der Waals surface area contributed by atoms with E-state index in [4.69, 9.17) is 0 Å². The van der Waals surface area contributed by atoms with Crippen LogP contribution in [0.4, 0.5) is 4.39 Å². The molecule has 2 saturated heterocycles. The number of carbonyl (C=O) groups is 1. The third kappa shape index (κ3) is 3.21. The largest absolute Gasteiger partial charge is 0.337 e. The van der Waals surface area contributed by atoms with Crippen LogP contribution < -0.4 is 0 Å². The van der Waals surface area contributed by atoms with Crippen LogP contribution in [-0.4, -0.2) is 54.7 Å². The van der Waals surface area contributed by atoms with E-state index in [9.17, 15) is 9.18 Å². The molecule has 4 heterocycles. The van der Waals surface area contributed by atoms with Crippen LogP contribution in [0.5, 0.6) is 0 Å². The molecule has 0 saturated carbocycles. The molecule has 0 unspecified atom stereocenters. The third-order valence-electron chi connectivity index (χ3n) is 6.53. The van der Waals surface area contributed by atoms with E-state index >= 15 is 0 Å². The minimum atomic E-state index is -0.270. The van der Waals surface area contributed by atoms with Crippen molar-refractivity contribution in [2.24, 2.45) is 25.9 Å². The van der Waals surface area contributed by atoms with Gasteiger partial charge in [0, 0.05) is 58.6 Å². The van der Waals surface area contributed by atoms with E-state index in [0.29, 0.717) is 18.2 Å². The lowest BCUT2D eigenvalue weighted by molar-refractivity contribution is 0.0688. The van der Waals surface area contributed by atoms with Gasteiger partial charge in [-0.1, -0.05) is 12.1 Å². The number of hydrogen-bond acceptors (Lipinski definition) is 4. The van der Waals surface area contributed by atoms with Crippen molar-refractivity contribution in [3.05, 3.63) is 71.8 Å². The van der Waals surface area contributed by atoms with Gasteiger partial charge in [0.15, 0.2) is 0 Å². The fourth-order valence-electron chi connectivity index (χ4n) is 5.09. The van der Waals surface area contributed by atoms with Crippen LogP contribution >= 0.6 is 0 Å². The van der Waals surface area contributed by atoms with Crippen molar-refractivity contribution in [1.82, 2.24) is 29.1 Å². The molecule has 8 heteroatoms. The first-order chi connectivity index (χ1) is 14.5. The Morgan fingerprint density at radius 3 is 2.77 bits per heavy atom. The lowest BCUT2D eigenvalue weighted by Crippen LogP contribution is -2.36. The summed E-state index contributed by atoms with van der Waals surface area (Å²) in [6.07, 6.45) is 5.35. The molecular formula is C22H25FN6O. The molecule has 0 radical (unpaired) electrons. The fraction of sp³-hybridized carbons (Fsp3) is 0.409.